The fraction of sp³-hybridized carbons (Fsp3) is 0.263. The molecule has 0 bridgehead atoms. The summed E-state index contributed by atoms with van der Waals surface area (Å²) in [6.45, 7) is 1.85. The van der Waals surface area contributed by atoms with Gasteiger partial charge in [-0.3, -0.25) is 14.2 Å². The van der Waals surface area contributed by atoms with Crippen molar-refractivity contribution in [1.29, 1.82) is 0 Å². The third-order valence-electron chi connectivity index (χ3n) is 4.80. The van der Waals surface area contributed by atoms with Crippen LogP contribution in [0.15, 0.2) is 54.7 Å². The highest BCUT2D eigenvalue weighted by atomic mass is 32.2. The van der Waals surface area contributed by atoms with Crippen LogP contribution in [0.4, 0.5) is 0 Å². The average molecular weight is 462 g/mol. The number of hydrogen-bond donors (Lipinski definition) is 0. The Labute approximate surface area is 181 Å². The molecule has 4 aromatic rings. The molecule has 12 heteroatoms. The second kappa shape index (κ2) is 7.87. The Balaban J connectivity index is 1.92. The van der Waals surface area contributed by atoms with Crippen molar-refractivity contribution in [2.75, 3.05) is 14.1 Å². The largest absolute Gasteiger partial charge is 0.333 e. The molecule has 0 N–H and O–H groups in total. The zero-order valence-corrected chi connectivity index (χ0v) is 18.6. The molecule has 0 atom stereocenters. The molecule has 162 valence electrons. The number of benzene rings is 1. The van der Waals surface area contributed by atoms with Crippen LogP contribution in [0.25, 0.3) is 21.8 Å². The highest BCUT2D eigenvalue weighted by Gasteiger charge is 2.21. The minimum atomic E-state index is -3.74. The van der Waals surface area contributed by atoms with Crippen LogP contribution < -0.4 is 11.1 Å². The van der Waals surface area contributed by atoms with Gasteiger partial charge in [0.1, 0.15) is 0 Å². The van der Waals surface area contributed by atoms with Crippen LogP contribution in [-0.2, 0) is 23.1 Å². The third-order valence-corrected chi connectivity index (χ3v) is 7.47. The maximum absolute atomic E-state index is 12.9. The van der Waals surface area contributed by atoms with Crippen LogP contribution in [0.5, 0.6) is 0 Å². The van der Waals surface area contributed by atoms with Crippen molar-refractivity contribution >= 4 is 32.4 Å². The predicted octanol–water partition coefficient (Wildman–Crippen LogP) is 1.59. The first-order valence-electron chi connectivity index (χ1n) is 9.30. The van der Waals surface area contributed by atoms with E-state index in [4.69, 9.17) is 4.52 Å². The molecule has 10 nitrogen and oxygen atoms in total. The Bertz CT molecular complexity index is 1480. The smallest absolute Gasteiger partial charge is 0.317 e. The summed E-state index contributed by atoms with van der Waals surface area (Å²) < 4.78 is 34.1. The van der Waals surface area contributed by atoms with Crippen LogP contribution in [0, 0.1) is 0 Å². The number of hydrogen-bond acceptors (Lipinski definition) is 8. The maximum atomic E-state index is 12.9. The van der Waals surface area contributed by atoms with Crippen molar-refractivity contribution in [2.45, 2.75) is 24.9 Å². The molecule has 0 unspecified atom stereocenters. The van der Waals surface area contributed by atoms with E-state index in [2.05, 4.69) is 10.1 Å². The highest BCUT2D eigenvalue weighted by Crippen LogP contribution is 2.23. The Kier molecular flexibility index (Phi) is 5.37. The highest BCUT2D eigenvalue weighted by molar-refractivity contribution is 7.89. The van der Waals surface area contributed by atoms with Crippen molar-refractivity contribution in [3.05, 3.63) is 62.2 Å². The number of sulfonamides is 1. The molecule has 1 aromatic carbocycles. The van der Waals surface area contributed by atoms with Crippen molar-refractivity contribution in [1.82, 2.24) is 23.6 Å². The maximum Gasteiger partial charge on any atom is 0.317 e. The Morgan fingerprint density at radius 3 is 2.48 bits per heavy atom. The first-order valence-corrected chi connectivity index (χ1v) is 11.6. The molecule has 0 saturated carbocycles. The molecule has 0 radical (unpaired) electrons. The molecule has 31 heavy (non-hydrogen) atoms. The second-order valence-electron chi connectivity index (χ2n) is 6.87. The Hall–Kier alpha value is -3.09. The minimum absolute atomic E-state index is 0.00633. The first-order chi connectivity index (χ1) is 14.7. The van der Waals surface area contributed by atoms with E-state index in [-0.39, 0.29) is 29.3 Å². The first kappa shape index (κ1) is 21.2. The number of fused-ring (bicyclic) bond motifs is 1. The van der Waals surface area contributed by atoms with E-state index in [0.717, 1.165) is 9.18 Å². The average Bonchev–Trinajstić information content (AvgIpc) is 3.43. The zero-order chi connectivity index (χ0) is 22.3. The van der Waals surface area contributed by atoms with E-state index in [1.165, 1.54) is 52.8 Å². The van der Waals surface area contributed by atoms with E-state index in [0.29, 0.717) is 11.4 Å². The summed E-state index contributed by atoms with van der Waals surface area (Å²) in [7, 11) is -0.901. The van der Waals surface area contributed by atoms with E-state index in [9.17, 15) is 18.0 Å². The lowest BCUT2D eigenvalue weighted by molar-refractivity contribution is 0.421. The van der Waals surface area contributed by atoms with Gasteiger partial charge in [-0.05, 0) is 36.6 Å². The van der Waals surface area contributed by atoms with Crippen molar-refractivity contribution in [2.24, 2.45) is 0 Å². The lowest BCUT2D eigenvalue weighted by Crippen LogP contribution is -2.41. The molecule has 0 amide bonds. The quantitative estimate of drug-likeness (QED) is 0.400. The van der Waals surface area contributed by atoms with Gasteiger partial charge in [0.05, 0.1) is 27.4 Å². The molecular weight excluding hydrogens is 442 g/mol. The van der Waals surface area contributed by atoms with Crippen molar-refractivity contribution < 1.29 is 12.9 Å². The van der Waals surface area contributed by atoms with Gasteiger partial charge < -0.3 is 9.09 Å². The zero-order valence-electron chi connectivity index (χ0n) is 17.0. The third kappa shape index (κ3) is 3.62. The summed E-state index contributed by atoms with van der Waals surface area (Å²) in [5, 5.41) is 5.78. The van der Waals surface area contributed by atoms with Gasteiger partial charge in [-0.1, -0.05) is 11.2 Å². The Morgan fingerprint density at radius 1 is 1.10 bits per heavy atom. The summed E-state index contributed by atoms with van der Waals surface area (Å²) in [5.41, 5.74) is -0.778. The summed E-state index contributed by atoms with van der Waals surface area (Å²) in [6, 6.07) is 8.00. The molecule has 0 aliphatic rings. The molecule has 0 aliphatic carbocycles. The molecule has 4 rings (SSSR count). The standard InChI is InChI=1S/C19H19N5O5S2/c1-4-23-13-8-7-12(31(27,28)22(2)3)10-14(13)24(19(26)18(23)25)11-16-20-17(29-21-16)15-6-5-9-30-15/h5-10H,4,11H2,1-3H3. The summed E-state index contributed by atoms with van der Waals surface area (Å²) in [4.78, 5) is 30.6. The van der Waals surface area contributed by atoms with Crippen LogP contribution in [0.3, 0.4) is 0 Å². The van der Waals surface area contributed by atoms with Gasteiger partial charge >= 0.3 is 11.1 Å². The number of aryl methyl sites for hydroxylation is 1. The lowest BCUT2D eigenvalue weighted by atomic mass is 10.2. The van der Waals surface area contributed by atoms with Crippen molar-refractivity contribution in [3.63, 3.8) is 0 Å². The molecule has 3 heterocycles. The van der Waals surface area contributed by atoms with Gasteiger partial charge in [-0.25, -0.2) is 12.7 Å². The van der Waals surface area contributed by atoms with E-state index in [1.54, 1.807) is 6.92 Å². The topological polar surface area (TPSA) is 120 Å². The molecule has 0 fully saturated rings. The number of thiophene rings is 1. The molecule has 0 spiro atoms. The summed E-state index contributed by atoms with van der Waals surface area (Å²) in [6.07, 6.45) is 0. The van der Waals surface area contributed by atoms with Gasteiger partial charge in [0, 0.05) is 20.6 Å². The van der Waals surface area contributed by atoms with Crippen molar-refractivity contribution in [3.8, 4) is 10.8 Å². The Morgan fingerprint density at radius 2 is 1.84 bits per heavy atom. The van der Waals surface area contributed by atoms with Gasteiger partial charge in [0.15, 0.2) is 5.82 Å². The van der Waals surface area contributed by atoms with Gasteiger partial charge in [0.2, 0.25) is 10.0 Å². The van der Waals surface area contributed by atoms with Crippen LogP contribution in [0.1, 0.15) is 12.7 Å². The molecule has 3 aromatic heterocycles. The molecule has 0 saturated heterocycles. The van der Waals surface area contributed by atoms with Gasteiger partial charge in [-0.15, -0.1) is 11.3 Å². The van der Waals surface area contributed by atoms with Crippen LogP contribution in [-0.4, -0.2) is 46.1 Å². The monoisotopic (exact) mass is 461 g/mol. The minimum Gasteiger partial charge on any atom is -0.333 e. The fourth-order valence-electron chi connectivity index (χ4n) is 3.20. The summed E-state index contributed by atoms with van der Waals surface area (Å²) in [5.74, 6) is 0.501. The second-order valence-corrected chi connectivity index (χ2v) is 9.97. The van der Waals surface area contributed by atoms with Crippen LogP contribution in [0.2, 0.25) is 0 Å². The van der Waals surface area contributed by atoms with E-state index >= 15 is 0 Å². The van der Waals surface area contributed by atoms with E-state index < -0.39 is 21.1 Å². The molecule has 0 aliphatic heterocycles. The number of nitrogens with zero attached hydrogens (tertiary/aromatic N) is 5. The van der Waals surface area contributed by atoms with Gasteiger partial charge in [0.25, 0.3) is 5.89 Å². The number of rotatable bonds is 6. The SMILES string of the molecule is CCn1c(=O)c(=O)n(Cc2noc(-c3cccs3)n2)c2cc(S(=O)(=O)N(C)C)ccc21. The number of aromatic nitrogens is 4. The van der Waals surface area contributed by atoms with Gasteiger partial charge in [-0.2, -0.15) is 4.98 Å². The lowest BCUT2D eigenvalue weighted by Gasteiger charge is -2.16. The fourth-order valence-corrected chi connectivity index (χ4v) is 4.77. The summed E-state index contributed by atoms with van der Waals surface area (Å²) >= 11 is 1.43. The molecular formula is C19H19N5O5S2. The predicted molar refractivity (Wildman–Crippen MR) is 116 cm³/mol. The van der Waals surface area contributed by atoms with E-state index in [1.807, 2.05) is 17.5 Å². The normalized spacial score (nSPS) is 12.1. The van der Waals surface area contributed by atoms with Crippen LogP contribution >= 0.6 is 11.3 Å².